The number of alkyl halides is 6. The lowest BCUT2D eigenvalue weighted by atomic mass is 10.0. The Labute approximate surface area is 181 Å². The van der Waals surface area contributed by atoms with Gasteiger partial charge in [-0.3, -0.25) is 14.9 Å². The van der Waals surface area contributed by atoms with Gasteiger partial charge in [0.05, 0.1) is 23.1 Å². The predicted molar refractivity (Wildman–Crippen MR) is 103 cm³/mol. The van der Waals surface area contributed by atoms with E-state index in [0.29, 0.717) is 29.5 Å². The van der Waals surface area contributed by atoms with Gasteiger partial charge in [-0.25, -0.2) is 0 Å². The third-order valence-corrected chi connectivity index (χ3v) is 5.08. The Kier molecular flexibility index (Phi) is 6.44. The fourth-order valence-electron chi connectivity index (χ4n) is 2.77. The highest BCUT2D eigenvalue weighted by molar-refractivity contribution is 8.18. The summed E-state index contributed by atoms with van der Waals surface area (Å²) in [5.74, 6) is -0.299. The van der Waals surface area contributed by atoms with Crippen molar-refractivity contribution in [1.82, 2.24) is 5.32 Å². The van der Waals surface area contributed by atoms with E-state index in [1.807, 2.05) is 0 Å². The fourth-order valence-corrected chi connectivity index (χ4v) is 3.44. The third kappa shape index (κ3) is 5.36. The highest BCUT2D eigenvalue weighted by Crippen LogP contribution is 2.38. The number of nitrogens with one attached hydrogen (secondary N) is 1. The third-order valence-electron chi connectivity index (χ3n) is 4.27. The number of rotatable bonds is 5. The summed E-state index contributed by atoms with van der Waals surface area (Å²) in [7, 11) is 1.31. The van der Waals surface area contributed by atoms with E-state index in [4.69, 9.17) is 9.47 Å². The second kappa shape index (κ2) is 8.77. The van der Waals surface area contributed by atoms with Crippen LogP contribution in [0.4, 0.5) is 31.1 Å². The lowest BCUT2D eigenvalue weighted by Crippen LogP contribution is -2.17. The van der Waals surface area contributed by atoms with Gasteiger partial charge in [-0.15, -0.1) is 0 Å². The number of halogens is 6. The molecular weight excluding hydrogens is 464 g/mol. The molecule has 32 heavy (non-hydrogen) atoms. The van der Waals surface area contributed by atoms with E-state index in [1.165, 1.54) is 31.4 Å². The van der Waals surface area contributed by atoms with Gasteiger partial charge in [-0.1, -0.05) is 6.07 Å². The van der Waals surface area contributed by atoms with Crippen LogP contribution in [-0.2, 0) is 23.8 Å². The van der Waals surface area contributed by atoms with E-state index in [2.05, 4.69) is 5.32 Å². The molecule has 0 radical (unpaired) electrons. The molecule has 1 N–H and O–H groups in total. The first-order valence-electron chi connectivity index (χ1n) is 8.71. The van der Waals surface area contributed by atoms with Gasteiger partial charge in [0.1, 0.15) is 18.1 Å². The van der Waals surface area contributed by atoms with Crippen LogP contribution in [0, 0.1) is 0 Å². The zero-order valence-corrected chi connectivity index (χ0v) is 16.9. The van der Waals surface area contributed by atoms with Gasteiger partial charge in [0.2, 0.25) is 0 Å². The van der Waals surface area contributed by atoms with Crippen molar-refractivity contribution in [1.29, 1.82) is 0 Å². The minimum atomic E-state index is -5.01. The molecule has 1 fully saturated rings. The van der Waals surface area contributed by atoms with Crippen LogP contribution in [0.2, 0.25) is 0 Å². The summed E-state index contributed by atoms with van der Waals surface area (Å²) in [5, 5.41) is 1.56. The molecule has 0 atom stereocenters. The molecule has 0 aromatic heterocycles. The molecule has 3 rings (SSSR count). The first kappa shape index (κ1) is 23.5. The summed E-state index contributed by atoms with van der Waals surface area (Å²) in [5.41, 5.74) is -2.94. The summed E-state index contributed by atoms with van der Waals surface area (Å²) in [6.45, 7) is -0.649. The quantitative estimate of drug-likeness (QED) is 0.446. The van der Waals surface area contributed by atoms with Crippen LogP contribution in [0.15, 0.2) is 41.3 Å². The highest BCUT2D eigenvalue weighted by atomic mass is 32.2. The molecule has 170 valence electrons. The molecule has 0 unspecified atom stereocenters. The van der Waals surface area contributed by atoms with Crippen LogP contribution in [0.5, 0.6) is 11.5 Å². The maximum Gasteiger partial charge on any atom is 0.416 e. The summed E-state index contributed by atoms with van der Waals surface area (Å²) in [4.78, 5) is 23.0. The molecule has 1 heterocycles. The van der Waals surface area contributed by atoms with E-state index in [0.717, 1.165) is 0 Å². The lowest BCUT2D eigenvalue weighted by Gasteiger charge is -2.17. The molecule has 1 aliphatic rings. The Bertz CT molecular complexity index is 1090. The SMILES string of the molecule is COc1cc(OCc2ccc(C(F)(F)F)cc2C(F)(F)F)ccc1C=C1SC(=O)NC1=O. The summed E-state index contributed by atoms with van der Waals surface area (Å²) < 4.78 is 88.7. The van der Waals surface area contributed by atoms with Gasteiger partial charge in [0.25, 0.3) is 11.1 Å². The molecule has 0 spiro atoms. The second-order valence-corrected chi connectivity index (χ2v) is 7.43. The Hall–Kier alpha value is -3.15. The number of amides is 2. The van der Waals surface area contributed by atoms with Crippen molar-refractivity contribution in [3.8, 4) is 11.5 Å². The van der Waals surface area contributed by atoms with Crippen molar-refractivity contribution in [3.05, 3.63) is 63.6 Å². The fraction of sp³-hybridized carbons (Fsp3) is 0.200. The number of imide groups is 1. The zero-order chi connectivity index (χ0) is 23.7. The van der Waals surface area contributed by atoms with Gasteiger partial charge in [0, 0.05) is 17.2 Å². The van der Waals surface area contributed by atoms with Gasteiger partial charge >= 0.3 is 12.4 Å². The molecule has 1 aliphatic heterocycles. The monoisotopic (exact) mass is 477 g/mol. The largest absolute Gasteiger partial charge is 0.496 e. The minimum absolute atomic E-state index is 0.0418. The second-order valence-electron chi connectivity index (χ2n) is 6.41. The summed E-state index contributed by atoms with van der Waals surface area (Å²) >= 11 is 0.694. The molecule has 1 saturated heterocycles. The molecule has 2 aromatic rings. The average Bonchev–Trinajstić information content (AvgIpc) is 3.02. The standard InChI is InChI=1S/C20H13F6NO4S/c1-30-15-8-13(5-3-10(15)6-16-17(28)27-18(29)32-16)31-9-11-2-4-12(19(21,22)23)7-14(11)20(24,25)26/h2-8H,9H2,1H3,(H,27,28,29). The number of ether oxygens (including phenoxy) is 2. The molecule has 0 saturated carbocycles. The maximum atomic E-state index is 13.3. The number of hydrogen-bond acceptors (Lipinski definition) is 5. The molecule has 2 aromatic carbocycles. The van der Waals surface area contributed by atoms with Crippen LogP contribution in [-0.4, -0.2) is 18.3 Å². The zero-order valence-electron chi connectivity index (χ0n) is 16.1. The van der Waals surface area contributed by atoms with E-state index >= 15 is 0 Å². The molecule has 0 aliphatic carbocycles. The number of hydrogen-bond donors (Lipinski definition) is 1. The number of benzene rings is 2. The Balaban J connectivity index is 1.84. The van der Waals surface area contributed by atoms with Crippen molar-refractivity contribution < 1.29 is 45.4 Å². The number of methoxy groups -OCH3 is 1. The first-order chi connectivity index (χ1) is 14.9. The van der Waals surface area contributed by atoms with Gasteiger partial charge in [-0.05, 0) is 42.1 Å². The van der Waals surface area contributed by atoms with Crippen LogP contribution in [0.1, 0.15) is 22.3 Å². The van der Waals surface area contributed by atoms with Gasteiger partial charge < -0.3 is 9.47 Å². The van der Waals surface area contributed by atoms with Crippen LogP contribution >= 0.6 is 11.8 Å². The van der Waals surface area contributed by atoms with E-state index in [1.54, 1.807) is 0 Å². The van der Waals surface area contributed by atoms with Crippen molar-refractivity contribution in [2.24, 2.45) is 0 Å². The molecule has 2 amide bonds. The average molecular weight is 477 g/mol. The normalized spacial score (nSPS) is 15.8. The number of carbonyl (C=O) groups is 2. The molecule has 12 heteroatoms. The van der Waals surface area contributed by atoms with E-state index in [9.17, 15) is 35.9 Å². The maximum absolute atomic E-state index is 13.3. The minimum Gasteiger partial charge on any atom is -0.496 e. The molecule has 5 nitrogen and oxygen atoms in total. The Morgan fingerprint density at radius 2 is 1.72 bits per heavy atom. The van der Waals surface area contributed by atoms with E-state index in [-0.39, 0.29) is 22.5 Å². The Morgan fingerprint density at radius 1 is 1.00 bits per heavy atom. The predicted octanol–water partition coefficient (Wildman–Crippen LogP) is 5.64. The number of thioether (sulfide) groups is 1. The van der Waals surface area contributed by atoms with Crippen molar-refractivity contribution in [2.75, 3.05) is 7.11 Å². The first-order valence-corrected chi connectivity index (χ1v) is 9.53. The number of carbonyl (C=O) groups excluding carboxylic acids is 2. The Morgan fingerprint density at radius 3 is 2.28 bits per heavy atom. The topological polar surface area (TPSA) is 64.6 Å². The molecular formula is C20H13F6NO4S. The van der Waals surface area contributed by atoms with Gasteiger partial charge in [0.15, 0.2) is 0 Å². The molecule has 0 bridgehead atoms. The van der Waals surface area contributed by atoms with Crippen LogP contribution < -0.4 is 14.8 Å². The lowest BCUT2D eigenvalue weighted by molar-refractivity contribution is -0.143. The van der Waals surface area contributed by atoms with Crippen molar-refractivity contribution in [2.45, 2.75) is 19.0 Å². The van der Waals surface area contributed by atoms with Crippen LogP contribution in [0.25, 0.3) is 6.08 Å². The van der Waals surface area contributed by atoms with Crippen LogP contribution in [0.3, 0.4) is 0 Å². The van der Waals surface area contributed by atoms with Crippen molar-refractivity contribution in [3.63, 3.8) is 0 Å². The highest BCUT2D eigenvalue weighted by Gasteiger charge is 2.38. The van der Waals surface area contributed by atoms with Gasteiger partial charge in [-0.2, -0.15) is 26.3 Å². The van der Waals surface area contributed by atoms with Crippen molar-refractivity contribution >= 4 is 29.0 Å². The summed E-state index contributed by atoms with van der Waals surface area (Å²) in [6.07, 6.45) is -8.54. The smallest absolute Gasteiger partial charge is 0.416 e. The summed E-state index contributed by atoms with van der Waals surface area (Å²) in [6, 6.07) is 5.48. The van der Waals surface area contributed by atoms with E-state index < -0.39 is 46.8 Å².